The van der Waals surface area contributed by atoms with Crippen LogP contribution < -0.4 is 4.90 Å². The summed E-state index contributed by atoms with van der Waals surface area (Å²) in [4.78, 5) is 2.51. The number of anilines is 1. The second-order valence-electron chi connectivity index (χ2n) is 7.33. The van der Waals surface area contributed by atoms with Gasteiger partial charge in [-0.25, -0.2) is 8.42 Å². The van der Waals surface area contributed by atoms with Crippen LogP contribution in [0.2, 0.25) is 0 Å². The van der Waals surface area contributed by atoms with Gasteiger partial charge in [0.15, 0.2) is 0 Å². The SMILES string of the molecule is Cc1ccc(N2CN(S(=O)(=O)c3ccc(C)cc3)CC2c2ccccc2)cc1. The van der Waals surface area contributed by atoms with Crippen molar-refractivity contribution in [1.29, 1.82) is 0 Å². The molecule has 0 spiro atoms. The summed E-state index contributed by atoms with van der Waals surface area (Å²) in [5.74, 6) is 0. The second kappa shape index (κ2) is 7.41. The minimum absolute atomic E-state index is 0.0240. The van der Waals surface area contributed by atoms with E-state index in [1.807, 2.05) is 37.3 Å². The van der Waals surface area contributed by atoms with Crippen LogP contribution in [-0.4, -0.2) is 25.9 Å². The van der Waals surface area contributed by atoms with Crippen LogP contribution in [0.4, 0.5) is 5.69 Å². The topological polar surface area (TPSA) is 40.6 Å². The molecule has 0 amide bonds. The predicted octanol–water partition coefficient (Wildman–Crippen LogP) is 4.51. The Kier molecular flexibility index (Phi) is 4.96. The van der Waals surface area contributed by atoms with E-state index in [-0.39, 0.29) is 6.04 Å². The highest BCUT2D eigenvalue weighted by Gasteiger charge is 2.38. The van der Waals surface area contributed by atoms with Crippen molar-refractivity contribution in [3.05, 3.63) is 95.6 Å². The number of aryl methyl sites for hydroxylation is 2. The molecule has 3 aromatic rings. The van der Waals surface area contributed by atoms with Crippen LogP contribution in [0.15, 0.2) is 83.8 Å². The Hall–Kier alpha value is -2.63. The second-order valence-corrected chi connectivity index (χ2v) is 9.26. The first-order valence-electron chi connectivity index (χ1n) is 9.40. The number of hydrogen-bond acceptors (Lipinski definition) is 3. The Morgan fingerprint density at radius 1 is 0.786 bits per heavy atom. The maximum absolute atomic E-state index is 13.3. The first-order chi connectivity index (χ1) is 13.4. The van der Waals surface area contributed by atoms with E-state index in [1.165, 1.54) is 5.56 Å². The summed E-state index contributed by atoms with van der Waals surface area (Å²) in [6.45, 7) is 4.76. The Balaban J connectivity index is 1.71. The molecule has 5 heteroatoms. The molecule has 1 aliphatic rings. The molecule has 1 fully saturated rings. The van der Waals surface area contributed by atoms with Crippen LogP contribution in [-0.2, 0) is 10.0 Å². The van der Waals surface area contributed by atoms with Crippen molar-refractivity contribution in [2.75, 3.05) is 18.1 Å². The summed E-state index contributed by atoms with van der Waals surface area (Å²) in [5.41, 5.74) is 4.37. The van der Waals surface area contributed by atoms with Crippen LogP contribution >= 0.6 is 0 Å². The van der Waals surface area contributed by atoms with Gasteiger partial charge in [-0.1, -0.05) is 65.7 Å². The van der Waals surface area contributed by atoms with Gasteiger partial charge >= 0.3 is 0 Å². The van der Waals surface area contributed by atoms with E-state index in [1.54, 1.807) is 16.4 Å². The van der Waals surface area contributed by atoms with Gasteiger partial charge in [-0.2, -0.15) is 4.31 Å². The van der Waals surface area contributed by atoms with Crippen LogP contribution in [0.3, 0.4) is 0 Å². The number of hydrogen-bond donors (Lipinski definition) is 0. The lowest BCUT2D eigenvalue weighted by molar-refractivity contribution is 0.473. The largest absolute Gasteiger partial charge is 0.349 e. The summed E-state index contributed by atoms with van der Waals surface area (Å²) < 4.78 is 28.1. The van der Waals surface area contributed by atoms with E-state index in [2.05, 4.69) is 48.2 Å². The van der Waals surface area contributed by atoms with Gasteiger partial charge in [-0.05, 0) is 43.7 Å². The molecule has 0 aliphatic carbocycles. The molecule has 1 unspecified atom stereocenters. The molecule has 1 atom stereocenters. The summed E-state index contributed by atoms with van der Waals surface area (Å²) in [7, 11) is -3.55. The highest BCUT2D eigenvalue weighted by Crippen LogP contribution is 2.35. The Bertz CT molecular complexity index is 1050. The molecule has 144 valence electrons. The lowest BCUT2D eigenvalue weighted by atomic mass is 10.1. The summed E-state index contributed by atoms with van der Waals surface area (Å²) in [6, 6.07) is 25.4. The van der Waals surface area contributed by atoms with E-state index in [0.29, 0.717) is 18.1 Å². The highest BCUT2D eigenvalue weighted by molar-refractivity contribution is 7.89. The molecular weight excluding hydrogens is 368 g/mol. The summed E-state index contributed by atoms with van der Waals surface area (Å²) >= 11 is 0. The predicted molar refractivity (Wildman–Crippen MR) is 113 cm³/mol. The van der Waals surface area contributed by atoms with Crippen LogP contribution in [0, 0.1) is 13.8 Å². The fourth-order valence-electron chi connectivity index (χ4n) is 3.61. The zero-order chi connectivity index (χ0) is 19.7. The van der Waals surface area contributed by atoms with Crippen molar-refractivity contribution in [3.63, 3.8) is 0 Å². The number of sulfonamides is 1. The van der Waals surface area contributed by atoms with Crippen molar-refractivity contribution < 1.29 is 8.42 Å². The van der Waals surface area contributed by atoms with Gasteiger partial charge < -0.3 is 4.90 Å². The van der Waals surface area contributed by atoms with Gasteiger partial charge in [0.05, 0.1) is 17.6 Å². The third-order valence-corrected chi connectivity index (χ3v) is 7.08. The first-order valence-corrected chi connectivity index (χ1v) is 10.8. The lowest BCUT2D eigenvalue weighted by Crippen LogP contribution is -2.31. The number of nitrogens with zero attached hydrogens (tertiary/aromatic N) is 2. The third-order valence-electron chi connectivity index (χ3n) is 5.27. The molecule has 28 heavy (non-hydrogen) atoms. The van der Waals surface area contributed by atoms with Crippen molar-refractivity contribution >= 4 is 15.7 Å². The van der Waals surface area contributed by atoms with E-state index in [4.69, 9.17) is 0 Å². The molecule has 0 aromatic heterocycles. The van der Waals surface area contributed by atoms with Gasteiger partial charge in [0.2, 0.25) is 10.0 Å². The Morgan fingerprint density at radius 3 is 1.96 bits per heavy atom. The van der Waals surface area contributed by atoms with Crippen molar-refractivity contribution in [2.24, 2.45) is 0 Å². The average molecular weight is 393 g/mol. The fourth-order valence-corrected chi connectivity index (χ4v) is 5.00. The number of rotatable bonds is 4. The molecule has 0 saturated carbocycles. The molecular formula is C23H24N2O2S. The highest BCUT2D eigenvalue weighted by atomic mass is 32.2. The van der Waals surface area contributed by atoms with E-state index >= 15 is 0 Å². The smallest absolute Gasteiger partial charge is 0.244 e. The number of benzene rings is 3. The Morgan fingerprint density at radius 2 is 1.36 bits per heavy atom. The van der Waals surface area contributed by atoms with E-state index < -0.39 is 10.0 Å². The molecule has 0 bridgehead atoms. The van der Waals surface area contributed by atoms with Crippen LogP contribution in [0.5, 0.6) is 0 Å². The standard InChI is InChI=1S/C23H24N2O2S/c1-18-8-12-21(13-9-18)25-17-24(16-23(25)20-6-4-3-5-7-20)28(26,27)22-14-10-19(2)11-15-22/h3-15,23H,16-17H2,1-2H3. The molecule has 1 aliphatic heterocycles. The molecule has 0 N–H and O–H groups in total. The van der Waals surface area contributed by atoms with Gasteiger partial charge in [-0.15, -0.1) is 0 Å². The zero-order valence-corrected chi connectivity index (χ0v) is 16.9. The Labute approximate surface area is 167 Å². The molecule has 4 rings (SSSR count). The first kappa shape index (κ1) is 18.7. The molecule has 1 heterocycles. The van der Waals surface area contributed by atoms with Crippen molar-refractivity contribution in [3.8, 4) is 0 Å². The minimum atomic E-state index is -3.55. The summed E-state index contributed by atoms with van der Waals surface area (Å²) in [5, 5.41) is 0. The summed E-state index contributed by atoms with van der Waals surface area (Å²) in [6.07, 6.45) is 0. The maximum Gasteiger partial charge on any atom is 0.244 e. The normalized spacial score (nSPS) is 17.8. The van der Waals surface area contributed by atoms with E-state index in [9.17, 15) is 8.42 Å². The van der Waals surface area contributed by atoms with Gasteiger partial charge in [0.25, 0.3) is 0 Å². The zero-order valence-electron chi connectivity index (χ0n) is 16.1. The quantitative estimate of drug-likeness (QED) is 0.656. The molecule has 3 aromatic carbocycles. The average Bonchev–Trinajstić information content (AvgIpc) is 3.16. The van der Waals surface area contributed by atoms with E-state index in [0.717, 1.165) is 16.8 Å². The van der Waals surface area contributed by atoms with Gasteiger partial charge in [0, 0.05) is 12.2 Å². The third kappa shape index (κ3) is 3.55. The molecule has 1 saturated heterocycles. The van der Waals surface area contributed by atoms with Crippen molar-refractivity contribution in [2.45, 2.75) is 24.8 Å². The van der Waals surface area contributed by atoms with Crippen molar-refractivity contribution in [1.82, 2.24) is 4.31 Å². The van der Waals surface area contributed by atoms with Crippen LogP contribution in [0.25, 0.3) is 0 Å². The van der Waals surface area contributed by atoms with Gasteiger partial charge in [0.1, 0.15) is 0 Å². The maximum atomic E-state index is 13.3. The van der Waals surface area contributed by atoms with Gasteiger partial charge in [-0.3, -0.25) is 0 Å². The monoisotopic (exact) mass is 392 g/mol. The van der Waals surface area contributed by atoms with Crippen LogP contribution in [0.1, 0.15) is 22.7 Å². The fraction of sp³-hybridized carbons (Fsp3) is 0.217. The molecule has 4 nitrogen and oxygen atoms in total. The molecule has 0 radical (unpaired) electrons. The lowest BCUT2D eigenvalue weighted by Gasteiger charge is -2.26. The minimum Gasteiger partial charge on any atom is -0.349 e.